The van der Waals surface area contributed by atoms with E-state index in [1.165, 1.54) is 11.1 Å². The highest BCUT2D eigenvalue weighted by Gasteiger charge is 2.17. The zero-order chi connectivity index (χ0) is 12.6. The summed E-state index contributed by atoms with van der Waals surface area (Å²) in [5.74, 6) is 0. The van der Waals surface area contributed by atoms with E-state index >= 15 is 0 Å². The maximum Gasteiger partial charge on any atom is 0.0663 e. The molecule has 1 heterocycles. The molecule has 3 heteroatoms. The van der Waals surface area contributed by atoms with Crippen LogP contribution in [0.4, 0.5) is 0 Å². The molecule has 1 nitrogen and oxygen atoms in total. The lowest BCUT2D eigenvalue weighted by molar-refractivity contribution is 0.881. The fourth-order valence-electron chi connectivity index (χ4n) is 1.98. The molecule has 90 valence electrons. The summed E-state index contributed by atoms with van der Waals surface area (Å²) in [4.78, 5) is 1.05. The predicted octanol–water partition coefficient (Wildman–Crippen LogP) is 4.37. The van der Waals surface area contributed by atoms with Crippen LogP contribution >= 0.6 is 22.9 Å². The van der Waals surface area contributed by atoms with Gasteiger partial charge < -0.3 is 5.73 Å². The van der Waals surface area contributed by atoms with Gasteiger partial charge in [-0.3, -0.25) is 0 Å². The summed E-state index contributed by atoms with van der Waals surface area (Å²) in [6, 6.07) is 6.22. The molecule has 0 radical (unpaired) electrons. The Kier molecular flexibility index (Phi) is 3.57. The third kappa shape index (κ3) is 2.39. The van der Waals surface area contributed by atoms with Crippen LogP contribution in [0.2, 0.25) is 5.02 Å². The first-order valence-electron chi connectivity index (χ1n) is 5.57. The lowest BCUT2D eigenvalue weighted by atomic mass is 9.98. The van der Waals surface area contributed by atoms with E-state index in [1.807, 2.05) is 6.92 Å². The Morgan fingerprint density at radius 3 is 2.41 bits per heavy atom. The molecule has 1 unspecified atom stereocenters. The van der Waals surface area contributed by atoms with Crippen LogP contribution in [0.3, 0.4) is 0 Å². The molecule has 2 aromatic rings. The fraction of sp³-hybridized carbons (Fsp3) is 0.286. The third-order valence-electron chi connectivity index (χ3n) is 2.97. The van der Waals surface area contributed by atoms with Crippen molar-refractivity contribution in [2.75, 3.05) is 0 Å². The normalized spacial score (nSPS) is 12.8. The second-order valence-electron chi connectivity index (χ2n) is 4.43. The molecule has 0 fully saturated rings. The molecular weight excluding hydrogens is 250 g/mol. The molecule has 2 rings (SSSR count). The molecule has 0 bridgehead atoms. The second kappa shape index (κ2) is 4.81. The number of rotatable bonds is 2. The minimum Gasteiger partial charge on any atom is -0.320 e. The van der Waals surface area contributed by atoms with E-state index in [1.54, 1.807) is 11.3 Å². The summed E-state index contributed by atoms with van der Waals surface area (Å²) in [5.41, 5.74) is 11.0. The van der Waals surface area contributed by atoms with Crippen molar-refractivity contribution in [3.63, 3.8) is 0 Å². The highest BCUT2D eigenvalue weighted by Crippen LogP contribution is 2.35. The average molecular weight is 266 g/mol. The Morgan fingerprint density at radius 1 is 1.18 bits per heavy atom. The van der Waals surface area contributed by atoms with Gasteiger partial charge in [0.1, 0.15) is 0 Å². The van der Waals surface area contributed by atoms with Crippen molar-refractivity contribution in [1.82, 2.24) is 0 Å². The zero-order valence-electron chi connectivity index (χ0n) is 10.3. The molecule has 1 atom stereocenters. The van der Waals surface area contributed by atoms with E-state index in [-0.39, 0.29) is 6.04 Å². The number of hydrogen-bond acceptors (Lipinski definition) is 2. The van der Waals surface area contributed by atoms with Crippen LogP contribution in [0.15, 0.2) is 23.6 Å². The SMILES string of the molecule is Cc1ccc(C(N)c2scc(C)c2Cl)c(C)c1. The lowest BCUT2D eigenvalue weighted by Gasteiger charge is -2.14. The Balaban J connectivity index is 2.43. The van der Waals surface area contributed by atoms with Crippen LogP contribution in [-0.2, 0) is 0 Å². The van der Waals surface area contributed by atoms with Gasteiger partial charge in [-0.05, 0) is 42.8 Å². The molecule has 0 spiro atoms. The minimum atomic E-state index is -0.123. The zero-order valence-corrected chi connectivity index (χ0v) is 11.8. The smallest absolute Gasteiger partial charge is 0.0663 e. The molecule has 0 aliphatic carbocycles. The first kappa shape index (κ1) is 12.6. The van der Waals surface area contributed by atoms with Crippen molar-refractivity contribution in [2.45, 2.75) is 26.8 Å². The molecule has 2 N–H and O–H groups in total. The molecule has 0 saturated heterocycles. The van der Waals surface area contributed by atoms with E-state index in [2.05, 4.69) is 37.4 Å². The standard InChI is InChI=1S/C14H16ClNS/c1-8-4-5-11(9(2)6-8)13(16)14-12(15)10(3)7-17-14/h4-7,13H,16H2,1-3H3. The first-order chi connectivity index (χ1) is 8.00. The molecule has 0 aliphatic heterocycles. The summed E-state index contributed by atoms with van der Waals surface area (Å²) >= 11 is 7.90. The number of aryl methyl sites for hydroxylation is 3. The molecular formula is C14H16ClNS. The van der Waals surface area contributed by atoms with Gasteiger partial charge in [-0.15, -0.1) is 11.3 Å². The molecule has 1 aromatic heterocycles. The van der Waals surface area contributed by atoms with E-state index < -0.39 is 0 Å². The predicted molar refractivity (Wildman–Crippen MR) is 76.0 cm³/mol. The molecule has 17 heavy (non-hydrogen) atoms. The van der Waals surface area contributed by atoms with E-state index in [0.29, 0.717) is 0 Å². The Hall–Kier alpha value is -0.830. The van der Waals surface area contributed by atoms with Crippen LogP contribution in [0.25, 0.3) is 0 Å². The van der Waals surface area contributed by atoms with Crippen LogP contribution in [-0.4, -0.2) is 0 Å². The van der Waals surface area contributed by atoms with Crippen molar-refractivity contribution in [2.24, 2.45) is 5.73 Å². The average Bonchev–Trinajstić information content (AvgIpc) is 2.59. The third-order valence-corrected chi connectivity index (χ3v) is 4.77. The fourth-order valence-corrected chi connectivity index (χ4v) is 3.31. The van der Waals surface area contributed by atoms with Gasteiger partial charge in [0, 0.05) is 4.88 Å². The quantitative estimate of drug-likeness (QED) is 0.857. The van der Waals surface area contributed by atoms with Crippen LogP contribution in [0, 0.1) is 20.8 Å². The summed E-state index contributed by atoms with van der Waals surface area (Å²) in [7, 11) is 0. The second-order valence-corrected chi connectivity index (χ2v) is 5.72. The monoisotopic (exact) mass is 265 g/mol. The van der Waals surface area contributed by atoms with Gasteiger partial charge in [-0.25, -0.2) is 0 Å². The Morgan fingerprint density at radius 2 is 1.88 bits per heavy atom. The molecule has 0 saturated carbocycles. The van der Waals surface area contributed by atoms with Crippen molar-refractivity contribution < 1.29 is 0 Å². The van der Waals surface area contributed by atoms with Gasteiger partial charge >= 0.3 is 0 Å². The van der Waals surface area contributed by atoms with E-state index in [0.717, 1.165) is 21.0 Å². The number of hydrogen-bond donors (Lipinski definition) is 1. The van der Waals surface area contributed by atoms with Gasteiger partial charge in [0.2, 0.25) is 0 Å². The first-order valence-corrected chi connectivity index (χ1v) is 6.82. The van der Waals surface area contributed by atoms with Gasteiger partial charge in [0.05, 0.1) is 11.1 Å². The van der Waals surface area contributed by atoms with Crippen molar-refractivity contribution in [3.8, 4) is 0 Å². The lowest BCUT2D eigenvalue weighted by Crippen LogP contribution is -2.12. The maximum absolute atomic E-state index is 6.31. The molecule has 1 aromatic carbocycles. The maximum atomic E-state index is 6.31. The minimum absolute atomic E-state index is 0.123. The Labute approximate surface area is 111 Å². The summed E-state index contributed by atoms with van der Waals surface area (Å²) in [6.45, 7) is 6.19. The topological polar surface area (TPSA) is 26.0 Å². The number of halogens is 1. The largest absolute Gasteiger partial charge is 0.320 e. The van der Waals surface area contributed by atoms with Crippen LogP contribution in [0.1, 0.15) is 33.2 Å². The highest BCUT2D eigenvalue weighted by molar-refractivity contribution is 7.10. The number of thiophene rings is 1. The Bertz CT molecular complexity index is 545. The van der Waals surface area contributed by atoms with Crippen LogP contribution < -0.4 is 5.73 Å². The van der Waals surface area contributed by atoms with Gasteiger partial charge in [0.15, 0.2) is 0 Å². The van der Waals surface area contributed by atoms with Crippen molar-refractivity contribution in [3.05, 3.63) is 55.7 Å². The summed E-state index contributed by atoms with van der Waals surface area (Å²) in [5, 5.41) is 2.86. The van der Waals surface area contributed by atoms with E-state index in [9.17, 15) is 0 Å². The van der Waals surface area contributed by atoms with Crippen molar-refractivity contribution in [1.29, 1.82) is 0 Å². The number of benzene rings is 1. The highest BCUT2D eigenvalue weighted by atomic mass is 35.5. The summed E-state index contributed by atoms with van der Waals surface area (Å²) in [6.07, 6.45) is 0. The van der Waals surface area contributed by atoms with E-state index in [4.69, 9.17) is 17.3 Å². The summed E-state index contributed by atoms with van der Waals surface area (Å²) < 4.78 is 0. The van der Waals surface area contributed by atoms with Gasteiger partial charge in [0.25, 0.3) is 0 Å². The number of nitrogens with two attached hydrogens (primary N) is 1. The van der Waals surface area contributed by atoms with Gasteiger partial charge in [-0.1, -0.05) is 35.4 Å². The van der Waals surface area contributed by atoms with Gasteiger partial charge in [-0.2, -0.15) is 0 Å². The van der Waals surface area contributed by atoms with Crippen molar-refractivity contribution >= 4 is 22.9 Å². The van der Waals surface area contributed by atoms with Crippen LogP contribution in [0.5, 0.6) is 0 Å². The molecule has 0 amide bonds. The molecule has 0 aliphatic rings.